The van der Waals surface area contributed by atoms with E-state index in [1.54, 1.807) is 0 Å². The highest BCUT2D eigenvalue weighted by molar-refractivity contribution is 5.52. The van der Waals surface area contributed by atoms with Gasteiger partial charge in [-0.05, 0) is 6.42 Å². The van der Waals surface area contributed by atoms with Crippen LogP contribution in [0.15, 0.2) is 6.07 Å². The number of aromatic nitrogens is 2. The molecule has 0 unspecified atom stereocenters. The van der Waals surface area contributed by atoms with Gasteiger partial charge in [0, 0.05) is 26.2 Å². The molecule has 0 amide bonds. The molecular formula is C11H18N6. The fraction of sp³-hybridized carbons (Fsp3) is 0.545. The van der Waals surface area contributed by atoms with Crippen molar-refractivity contribution in [2.45, 2.75) is 19.8 Å². The summed E-state index contributed by atoms with van der Waals surface area (Å²) in [5, 5.41) is 11.7. The quantitative estimate of drug-likeness (QED) is 0.769. The molecule has 0 aliphatic rings. The van der Waals surface area contributed by atoms with Crippen LogP contribution in [0.5, 0.6) is 0 Å². The number of nitrogens with zero attached hydrogens (tertiary/aromatic N) is 4. The van der Waals surface area contributed by atoms with Crippen molar-refractivity contribution in [3.05, 3.63) is 6.07 Å². The molecule has 6 heteroatoms. The summed E-state index contributed by atoms with van der Waals surface area (Å²) in [6.07, 6.45) is 1.47. The Balaban J connectivity index is 2.77. The number of rotatable bonds is 6. The van der Waals surface area contributed by atoms with Gasteiger partial charge in [-0.3, -0.25) is 0 Å². The number of nitriles is 1. The van der Waals surface area contributed by atoms with E-state index in [1.165, 1.54) is 0 Å². The molecule has 0 saturated carbocycles. The molecule has 0 saturated heterocycles. The summed E-state index contributed by atoms with van der Waals surface area (Å²) >= 11 is 0. The highest BCUT2D eigenvalue weighted by atomic mass is 15.2. The van der Waals surface area contributed by atoms with Crippen LogP contribution in [0.1, 0.15) is 19.8 Å². The van der Waals surface area contributed by atoms with Gasteiger partial charge in [-0.2, -0.15) is 15.2 Å². The lowest BCUT2D eigenvalue weighted by Crippen LogP contribution is -2.20. The zero-order valence-electron chi connectivity index (χ0n) is 10.3. The van der Waals surface area contributed by atoms with Gasteiger partial charge in [0.2, 0.25) is 5.95 Å². The number of hydrogen-bond donors (Lipinski definition) is 2. The minimum atomic E-state index is 0.241. The number of nitrogens with one attached hydrogen (secondary N) is 1. The SMILES string of the molecule is CCCNc1cc(N(C)CCC#N)nc(N)n1. The number of hydrogen-bond acceptors (Lipinski definition) is 6. The van der Waals surface area contributed by atoms with Gasteiger partial charge in [0.15, 0.2) is 0 Å². The van der Waals surface area contributed by atoms with E-state index in [0.29, 0.717) is 13.0 Å². The van der Waals surface area contributed by atoms with Crippen LogP contribution in [0.2, 0.25) is 0 Å². The monoisotopic (exact) mass is 234 g/mol. The highest BCUT2D eigenvalue weighted by Crippen LogP contribution is 2.15. The van der Waals surface area contributed by atoms with Crippen LogP contribution in [0.25, 0.3) is 0 Å². The van der Waals surface area contributed by atoms with Crippen molar-refractivity contribution in [2.24, 2.45) is 0 Å². The first-order chi connectivity index (χ1) is 8.17. The van der Waals surface area contributed by atoms with Crippen molar-refractivity contribution in [1.82, 2.24) is 9.97 Å². The topological polar surface area (TPSA) is 90.9 Å². The van der Waals surface area contributed by atoms with Crippen LogP contribution in [-0.2, 0) is 0 Å². The van der Waals surface area contributed by atoms with E-state index in [4.69, 9.17) is 11.0 Å². The first kappa shape index (κ1) is 13.0. The molecular weight excluding hydrogens is 216 g/mol. The third kappa shape index (κ3) is 4.15. The largest absolute Gasteiger partial charge is 0.370 e. The summed E-state index contributed by atoms with van der Waals surface area (Å²) in [6.45, 7) is 3.55. The first-order valence-corrected chi connectivity index (χ1v) is 5.64. The third-order valence-electron chi connectivity index (χ3n) is 2.24. The molecule has 0 aliphatic carbocycles. The van der Waals surface area contributed by atoms with Crippen LogP contribution < -0.4 is 16.0 Å². The summed E-state index contributed by atoms with van der Waals surface area (Å²) in [5.41, 5.74) is 5.64. The molecule has 0 bridgehead atoms. The van der Waals surface area contributed by atoms with Crippen LogP contribution >= 0.6 is 0 Å². The fourth-order valence-corrected chi connectivity index (χ4v) is 1.32. The summed E-state index contributed by atoms with van der Waals surface area (Å²) in [4.78, 5) is 10.1. The number of nitrogen functional groups attached to an aromatic ring is 1. The zero-order valence-corrected chi connectivity index (χ0v) is 10.3. The van der Waals surface area contributed by atoms with Crippen LogP contribution in [0, 0.1) is 11.3 Å². The third-order valence-corrected chi connectivity index (χ3v) is 2.24. The molecule has 0 aromatic carbocycles. The predicted octanol–water partition coefficient (Wildman–Crippen LogP) is 1.23. The van der Waals surface area contributed by atoms with Gasteiger partial charge in [0.25, 0.3) is 0 Å². The molecule has 0 fully saturated rings. The molecule has 0 spiro atoms. The van der Waals surface area contributed by atoms with Gasteiger partial charge in [-0.15, -0.1) is 0 Å². The van der Waals surface area contributed by atoms with E-state index < -0.39 is 0 Å². The molecule has 6 nitrogen and oxygen atoms in total. The average molecular weight is 234 g/mol. The molecule has 0 radical (unpaired) electrons. The Morgan fingerprint density at radius 3 is 2.94 bits per heavy atom. The second-order valence-corrected chi connectivity index (χ2v) is 3.73. The Bertz CT molecular complexity index is 397. The van der Waals surface area contributed by atoms with Crippen LogP contribution in [0.4, 0.5) is 17.6 Å². The minimum absolute atomic E-state index is 0.241. The molecule has 17 heavy (non-hydrogen) atoms. The first-order valence-electron chi connectivity index (χ1n) is 5.64. The van der Waals surface area contributed by atoms with Gasteiger partial charge in [0.05, 0.1) is 12.5 Å². The molecule has 1 heterocycles. The zero-order chi connectivity index (χ0) is 12.7. The number of nitrogens with two attached hydrogens (primary N) is 1. The van der Waals surface area contributed by atoms with E-state index in [1.807, 2.05) is 18.0 Å². The summed E-state index contributed by atoms with van der Waals surface area (Å²) in [7, 11) is 1.88. The second-order valence-electron chi connectivity index (χ2n) is 3.73. The van der Waals surface area contributed by atoms with Gasteiger partial charge in [-0.1, -0.05) is 6.92 Å². The van der Waals surface area contributed by atoms with Crippen LogP contribution in [-0.4, -0.2) is 30.1 Å². The Morgan fingerprint density at radius 1 is 1.53 bits per heavy atom. The van der Waals surface area contributed by atoms with E-state index >= 15 is 0 Å². The Labute approximate surface area is 101 Å². The van der Waals surface area contributed by atoms with Crippen molar-refractivity contribution in [3.8, 4) is 6.07 Å². The lowest BCUT2D eigenvalue weighted by atomic mass is 10.4. The molecule has 1 rings (SSSR count). The van der Waals surface area contributed by atoms with Gasteiger partial charge >= 0.3 is 0 Å². The van der Waals surface area contributed by atoms with Crippen molar-refractivity contribution < 1.29 is 0 Å². The molecule has 1 aromatic rings. The maximum atomic E-state index is 8.54. The predicted molar refractivity (Wildman–Crippen MR) is 68.7 cm³/mol. The minimum Gasteiger partial charge on any atom is -0.370 e. The molecule has 0 aliphatic heterocycles. The Hall–Kier alpha value is -2.03. The average Bonchev–Trinajstić information content (AvgIpc) is 2.32. The Morgan fingerprint density at radius 2 is 2.29 bits per heavy atom. The van der Waals surface area contributed by atoms with Gasteiger partial charge in [-0.25, -0.2) is 0 Å². The van der Waals surface area contributed by atoms with Crippen molar-refractivity contribution in [3.63, 3.8) is 0 Å². The number of anilines is 3. The molecule has 3 N–H and O–H groups in total. The van der Waals surface area contributed by atoms with E-state index in [-0.39, 0.29) is 5.95 Å². The maximum Gasteiger partial charge on any atom is 0.223 e. The summed E-state index contributed by atoms with van der Waals surface area (Å²) in [6, 6.07) is 3.94. The summed E-state index contributed by atoms with van der Waals surface area (Å²) < 4.78 is 0. The molecule has 0 atom stereocenters. The highest BCUT2D eigenvalue weighted by Gasteiger charge is 2.06. The van der Waals surface area contributed by atoms with Crippen molar-refractivity contribution >= 4 is 17.6 Å². The maximum absolute atomic E-state index is 8.54. The summed E-state index contributed by atoms with van der Waals surface area (Å²) in [5.74, 6) is 1.69. The second kappa shape index (κ2) is 6.53. The Kier molecular flexibility index (Phi) is 5.01. The van der Waals surface area contributed by atoms with Crippen molar-refractivity contribution in [1.29, 1.82) is 5.26 Å². The van der Waals surface area contributed by atoms with Gasteiger partial charge in [0.1, 0.15) is 11.6 Å². The standard InChI is InChI=1S/C11H18N6/c1-3-6-14-9-8-10(16-11(13)15-9)17(2)7-4-5-12/h8H,3-4,6-7H2,1-2H3,(H3,13,14,15,16). The van der Waals surface area contributed by atoms with E-state index in [2.05, 4.69) is 28.3 Å². The van der Waals surface area contributed by atoms with Crippen molar-refractivity contribution in [2.75, 3.05) is 36.1 Å². The molecule has 92 valence electrons. The van der Waals surface area contributed by atoms with Gasteiger partial charge < -0.3 is 16.0 Å². The lowest BCUT2D eigenvalue weighted by molar-refractivity contribution is 0.880. The van der Waals surface area contributed by atoms with Crippen LogP contribution in [0.3, 0.4) is 0 Å². The van der Waals surface area contributed by atoms with E-state index in [9.17, 15) is 0 Å². The smallest absolute Gasteiger partial charge is 0.223 e. The fourth-order valence-electron chi connectivity index (χ4n) is 1.32. The van der Waals surface area contributed by atoms with E-state index in [0.717, 1.165) is 24.6 Å². The lowest BCUT2D eigenvalue weighted by Gasteiger charge is -2.17. The molecule has 1 aromatic heterocycles. The normalized spacial score (nSPS) is 9.71.